The van der Waals surface area contributed by atoms with Gasteiger partial charge in [0.25, 0.3) is 5.91 Å². The normalized spacial score (nSPS) is 10.8. The van der Waals surface area contributed by atoms with Crippen LogP contribution < -0.4 is 10.7 Å². The Balaban J connectivity index is 1.99. The Morgan fingerprint density at radius 1 is 0.969 bits per heavy atom. The Hall–Kier alpha value is -3.70. The Morgan fingerprint density at radius 3 is 2.34 bits per heavy atom. The SMILES string of the molecule is Cc1cccc(C)c1NC(=O)c1c(-c2cccnc2)n(-c2cccc(Cl)c2)c(C)cc1=O. The highest BCUT2D eigenvalue weighted by Gasteiger charge is 2.23. The number of nitrogens with zero attached hydrogens (tertiary/aromatic N) is 2. The molecule has 0 aliphatic heterocycles. The van der Waals surface area contributed by atoms with Crippen molar-refractivity contribution in [1.29, 1.82) is 0 Å². The predicted molar refractivity (Wildman–Crippen MR) is 129 cm³/mol. The molecule has 0 fully saturated rings. The Morgan fingerprint density at radius 2 is 1.69 bits per heavy atom. The lowest BCUT2D eigenvalue weighted by molar-refractivity contribution is 0.102. The molecular weight excluding hydrogens is 422 g/mol. The van der Waals surface area contributed by atoms with Gasteiger partial charge < -0.3 is 9.88 Å². The number of hydrogen-bond donors (Lipinski definition) is 1. The van der Waals surface area contributed by atoms with E-state index in [1.165, 1.54) is 6.07 Å². The molecule has 1 amide bonds. The van der Waals surface area contributed by atoms with Crippen molar-refractivity contribution in [1.82, 2.24) is 9.55 Å². The maximum atomic E-state index is 13.5. The van der Waals surface area contributed by atoms with Gasteiger partial charge in [0.05, 0.1) is 5.69 Å². The van der Waals surface area contributed by atoms with Crippen molar-refractivity contribution >= 4 is 23.2 Å². The quantitative estimate of drug-likeness (QED) is 0.438. The first kappa shape index (κ1) is 21.5. The van der Waals surface area contributed by atoms with Crippen LogP contribution in [0.4, 0.5) is 5.69 Å². The second-order valence-electron chi connectivity index (χ2n) is 7.65. The zero-order valence-corrected chi connectivity index (χ0v) is 18.8. The van der Waals surface area contributed by atoms with Crippen molar-refractivity contribution in [2.24, 2.45) is 0 Å². The van der Waals surface area contributed by atoms with Gasteiger partial charge in [-0.05, 0) is 62.2 Å². The maximum Gasteiger partial charge on any atom is 0.261 e. The zero-order chi connectivity index (χ0) is 22.8. The number of carbonyl (C=O) groups is 1. The highest BCUT2D eigenvalue weighted by molar-refractivity contribution is 6.30. The third-order valence-corrected chi connectivity index (χ3v) is 5.58. The van der Waals surface area contributed by atoms with Gasteiger partial charge in [-0.1, -0.05) is 35.9 Å². The number of benzene rings is 2. The second kappa shape index (κ2) is 8.81. The van der Waals surface area contributed by atoms with E-state index in [-0.39, 0.29) is 11.0 Å². The number of carbonyl (C=O) groups excluding carboxylic acids is 1. The van der Waals surface area contributed by atoms with Crippen molar-refractivity contribution in [2.75, 3.05) is 5.32 Å². The Bertz CT molecular complexity index is 1360. The molecule has 2 aromatic heterocycles. The molecule has 0 atom stereocenters. The minimum Gasteiger partial charge on any atom is -0.321 e. The smallest absolute Gasteiger partial charge is 0.261 e. The van der Waals surface area contributed by atoms with Crippen molar-refractivity contribution in [3.05, 3.63) is 111 Å². The summed E-state index contributed by atoms with van der Waals surface area (Å²) >= 11 is 6.25. The zero-order valence-electron chi connectivity index (χ0n) is 18.0. The molecule has 0 saturated carbocycles. The molecule has 4 aromatic rings. The molecule has 4 rings (SSSR count). The van der Waals surface area contributed by atoms with E-state index in [0.29, 0.717) is 27.7 Å². The minimum absolute atomic E-state index is 0.0474. The molecule has 0 bridgehead atoms. The molecule has 5 nitrogen and oxygen atoms in total. The van der Waals surface area contributed by atoms with Gasteiger partial charge in [0.1, 0.15) is 5.56 Å². The van der Waals surface area contributed by atoms with Gasteiger partial charge >= 0.3 is 0 Å². The van der Waals surface area contributed by atoms with Crippen LogP contribution in [0.2, 0.25) is 5.02 Å². The molecule has 0 saturated heterocycles. The minimum atomic E-state index is -0.470. The van der Waals surface area contributed by atoms with Crippen LogP contribution in [0.5, 0.6) is 0 Å². The van der Waals surface area contributed by atoms with Gasteiger partial charge in [0.2, 0.25) is 0 Å². The third kappa shape index (κ3) is 4.07. The highest BCUT2D eigenvalue weighted by Crippen LogP contribution is 2.29. The summed E-state index contributed by atoms with van der Waals surface area (Å²) in [6.45, 7) is 5.67. The molecule has 0 aliphatic rings. The van der Waals surface area contributed by atoms with Crippen LogP contribution in [-0.4, -0.2) is 15.5 Å². The van der Waals surface area contributed by atoms with Crippen LogP contribution in [0.25, 0.3) is 16.9 Å². The molecule has 0 aliphatic carbocycles. The standard InChI is InChI=1S/C26H22ClN3O2/c1-16-7-4-8-17(2)24(16)29-26(32)23-22(31)13-18(3)30(21-11-5-10-20(27)14-21)25(23)19-9-6-12-28-15-19/h4-15H,1-3H3,(H,29,32). The molecule has 160 valence electrons. The van der Waals surface area contributed by atoms with Crippen molar-refractivity contribution < 1.29 is 4.79 Å². The van der Waals surface area contributed by atoms with Crippen LogP contribution in [0.3, 0.4) is 0 Å². The fraction of sp³-hybridized carbons (Fsp3) is 0.115. The number of anilines is 1. The lowest BCUT2D eigenvalue weighted by Crippen LogP contribution is -2.26. The van der Waals surface area contributed by atoms with E-state index in [1.54, 1.807) is 30.6 Å². The van der Waals surface area contributed by atoms with E-state index in [9.17, 15) is 9.59 Å². The molecule has 0 radical (unpaired) electrons. The van der Waals surface area contributed by atoms with Crippen LogP contribution in [0.1, 0.15) is 27.2 Å². The summed E-state index contributed by atoms with van der Waals surface area (Å²) in [5.74, 6) is -0.470. The average Bonchev–Trinajstić information content (AvgIpc) is 2.76. The van der Waals surface area contributed by atoms with Crippen LogP contribution in [-0.2, 0) is 0 Å². The molecule has 0 unspecified atom stereocenters. The van der Waals surface area contributed by atoms with Gasteiger partial charge in [0, 0.05) is 46.1 Å². The molecule has 2 aromatic carbocycles. The van der Waals surface area contributed by atoms with E-state index in [2.05, 4.69) is 10.3 Å². The van der Waals surface area contributed by atoms with Gasteiger partial charge in [-0.3, -0.25) is 14.6 Å². The maximum absolute atomic E-state index is 13.5. The summed E-state index contributed by atoms with van der Waals surface area (Å²) in [5, 5.41) is 3.51. The summed E-state index contributed by atoms with van der Waals surface area (Å²) < 4.78 is 1.86. The summed E-state index contributed by atoms with van der Waals surface area (Å²) in [6, 6.07) is 18.1. The number of halogens is 1. The van der Waals surface area contributed by atoms with Crippen molar-refractivity contribution in [3.8, 4) is 16.9 Å². The van der Waals surface area contributed by atoms with E-state index in [1.807, 2.05) is 61.7 Å². The van der Waals surface area contributed by atoms with Crippen LogP contribution in [0.15, 0.2) is 77.9 Å². The topological polar surface area (TPSA) is 64.0 Å². The van der Waals surface area contributed by atoms with E-state index in [4.69, 9.17) is 11.6 Å². The lowest BCUT2D eigenvalue weighted by atomic mass is 10.0. The third-order valence-electron chi connectivity index (χ3n) is 5.35. The summed E-state index contributed by atoms with van der Waals surface area (Å²) in [7, 11) is 0. The fourth-order valence-corrected chi connectivity index (χ4v) is 4.05. The summed E-state index contributed by atoms with van der Waals surface area (Å²) in [4.78, 5) is 30.9. The first-order valence-electron chi connectivity index (χ1n) is 10.2. The molecule has 0 spiro atoms. The molecule has 2 heterocycles. The van der Waals surface area contributed by atoms with E-state index >= 15 is 0 Å². The lowest BCUT2D eigenvalue weighted by Gasteiger charge is -2.21. The molecule has 1 N–H and O–H groups in total. The van der Waals surface area contributed by atoms with Gasteiger partial charge in [0.15, 0.2) is 5.43 Å². The van der Waals surface area contributed by atoms with Crippen LogP contribution in [0, 0.1) is 20.8 Å². The fourth-order valence-electron chi connectivity index (χ4n) is 3.86. The van der Waals surface area contributed by atoms with Crippen molar-refractivity contribution in [3.63, 3.8) is 0 Å². The number of pyridine rings is 2. The average molecular weight is 444 g/mol. The number of aromatic nitrogens is 2. The van der Waals surface area contributed by atoms with E-state index in [0.717, 1.165) is 16.8 Å². The number of rotatable bonds is 4. The van der Waals surface area contributed by atoms with E-state index < -0.39 is 5.91 Å². The second-order valence-corrected chi connectivity index (χ2v) is 8.09. The van der Waals surface area contributed by atoms with Crippen molar-refractivity contribution in [2.45, 2.75) is 20.8 Å². The van der Waals surface area contributed by atoms with Crippen LogP contribution >= 0.6 is 11.6 Å². The Labute approximate surface area is 191 Å². The molecule has 32 heavy (non-hydrogen) atoms. The first-order chi connectivity index (χ1) is 15.4. The van der Waals surface area contributed by atoms with Gasteiger partial charge in [-0.15, -0.1) is 0 Å². The van der Waals surface area contributed by atoms with Gasteiger partial charge in [-0.2, -0.15) is 0 Å². The summed E-state index contributed by atoms with van der Waals surface area (Å²) in [6.07, 6.45) is 3.29. The predicted octanol–water partition coefficient (Wildman–Crippen LogP) is 5.73. The first-order valence-corrected chi connectivity index (χ1v) is 10.5. The number of para-hydroxylation sites is 1. The Kier molecular flexibility index (Phi) is 5.93. The number of amides is 1. The molecule has 6 heteroatoms. The largest absolute Gasteiger partial charge is 0.321 e. The number of nitrogens with one attached hydrogen (secondary N) is 1. The number of aryl methyl sites for hydroxylation is 3. The monoisotopic (exact) mass is 443 g/mol. The number of hydrogen-bond acceptors (Lipinski definition) is 3. The van der Waals surface area contributed by atoms with Gasteiger partial charge in [-0.25, -0.2) is 0 Å². The molecular formula is C26H22ClN3O2. The highest BCUT2D eigenvalue weighted by atomic mass is 35.5. The summed E-state index contributed by atoms with van der Waals surface area (Å²) in [5.41, 5.74) is 4.77.